The highest BCUT2D eigenvalue weighted by Gasteiger charge is 2.29. The zero-order valence-corrected chi connectivity index (χ0v) is 22.6. The molecule has 2 heterocycles. The molecular weight excluding hydrogens is 539 g/mol. The lowest BCUT2D eigenvalue weighted by Gasteiger charge is -2.20. The van der Waals surface area contributed by atoms with Crippen LogP contribution in [0.2, 0.25) is 5.02 Å². The van der Waals surface area contributed by atoms with E-state index in [1.165, 1.54) is 23.9 Å². The van der Waals surface area contributed by atoms with Gasteiger partial charge in [-0.25, -0.2) is 14.2 Å². The molecule has 2 aromatic carbocycles. The van der Waals surface area contributed by atoms with Crippen LogP contribution in [0, 0.1) is 5.82 Å². The minimum absolute atomic E-state index is 0.0227. The van der Waals surface area contributed by atoms with Gasteiger partial charge in [-0.2, -0.15) is 4.79 Å². The van der Waals surface area contributed by atoms with Crippen LogP contribution in [-0.4, -0.2) is 38.8 Å². The Kier molecular flexibility index (Phi) is 8.21. The topological polar surface area (TPSA) is 97.7 Å². The van der Waals surface area contributed by atoms with Crippen LogP contribution < -0.4 is 4.74 Å². The van der Waals surface area contributed by atoms with Crippen molar-refractivity contribution in [1.29, 1.82) is 0 Å². The zero-order chi connectivity index (χ0) is 27.4. The summed E-state index contributed by atoms with van der Waals surface area (Å²) in [5, 5.41) is 0.512. The van der Waals surface area contributed by atoms with Crippen molar-refractivity contribution >= 4 is 45.9 Å². The summed E-state index contributed by atoms with van der Waals surface area (Å²) in [4.78, 5) is 24.6. The fraction of sp³-hybridized carbons (Fsp3) is 0.241. The van der Waals surface area contributed by atoms with E-state index in [2.05, 4.69) is 14.8 Å². The van der Waals surface area contributed by atoms with Crippen molar-refractivity contribution in [2.45, 2.75) is 31.6 Å². The Balaban J connectivity index is 1.41. The predicted octanol–water partition coefficient (Wildman–Crippen LogP) is 6.16. The summed E-state index contributed by atoms with van der Waals surface area (Å²) in [6.45, 7) is 2.11. The van der Waals surface area contributed by atoms with Gasteiger partial charge in [-0.15, -0.1) is 11.8 Å². The fourth-order valence-electron chi connectivity index (χ4n) is 4.54. The summed E-state index contributed by atoms with van der Waals surface area (Å²) in [5.41, 5.74) is 14.9. The Bertz CT molecular complexity index is 1610. The van der Waals surface area contributed by atoms with Crippen molar-refractivity contribution in [2.75, 3.05) is 12.4 Å². The first kappa shape index (κ1) is 26.8. The molecule has 0 N–H and O–H groups in total. The van der Waals surface area contributed by atoms with E-state index in [4.69, 9.17) is 21.1 Å². The van der Waals surface area contributed by atoms with Crippen LogP contribution in [0.25, 0.3) is 16.4 Å². The molecule has 1 aliphatic carbocycles. The van der Waals surface area contributed by atoms with Gasteiger partial charge in [-0.1, -0.05) is 29.8 Å². The number of hydrogen-bond acceptors (Lipinski definition) is 6. The average Bonchev–Trinajstić information content (AvgIpc) is 3.09. The van der Waals surface area contributed by atoms with Crippen molar-refractivity contribution in [1.82, 2.24) is 9.97 Å². The minimum Gasteiger partial charge on any atom is -0.487 e. The largest absolute Gasteiger partial charge is 0.487 e. The smallest absolute Gasteiger partial charge is 0.417 e. The maximum Gasteiger partial charge on any atom is 0.417 e. The molecule has 39 heavy (non-hydrogen) atoms. The second kappa shape index (κ2) is 11.9. The van der Waals surface area contributed by atoms with Crippen LogP contribution in [0.1, 0.15) is 40.3 Å². The van der Waals surface area contributed by atoms with Crippen molar-refractivity contribution in [3.05, 3.63) is 105 Å². The molecule has 0 bridgehead atoms. The van der Waals surface area contributed by atoms with Gasteiger partial charge in [0.1, 0.15) is 23.9 Å². The lowest BCUT2D eigenvalue weighted by Crippen LogP contribution is -2.21. The molecule has 0 aliphatic heterocycles. The summed E-state index contributed by atoms with van der Waals surface area (Å²) in [5.74, 6) is -0.309. The number of thioether (sulfide) groups is 1. The van der Waals surface area contributed by atoms with Gasteiger partial charge in [-0.3, -0.25) is 4.98 Å². The molecule has 0 radical (unpaired) electrons. The van der Waals surface area contributed by atoms with Gasteiger partial charge in [0.2, 0.25) is 0 Å². The van der Waals surface area contributed by atoms with Crippen molar-refractivity contribution in [2.24, 2.45) is 0 Å². The van der Waals surface area contributed by atoms with Crippen LogP contribution in [0.4, 0.5) is 4.39 Å². The number of aryl methyl sites for hydroxylation is 2. The first-order valence-electron chi connectivity index (χ1n) is 12.4. The molecule has 0 unspecified atom stereocenters. The molecule has 0 fully saturated rings. The molecule has 0 amide bonds. The second-order valence-electron chi connectivity index (χ2n) is 8.91. The summed E-state index contributed by atoms with van der Waals surface area (Å²) in [6, 6.07) is 16.4. The second-order valence-corrected chi connectivity index (χ2v) is 10.4. The lowest BCUT2D eigenvalue weighted by atomic mass is 10.0. The highest BCUT2D eigenvalue weighted by atomic mass is 35.5. The van der Waals surface area contributed by atoms with Gasteiger partial charge in [-0.05, 0) is 72.9 Å². The van der Waals surface area contributed by atoms with Gasteiger partial charge >= 0.3 is 11.7 Å². The van der Waals surface area contributed by atoms with Gasteiger partial charge in [0.15, 0.2) is 0 Å². The van der Waals surface area contributed by atoms with Crippen LogP contribution in [0.3, 0.4) is 0 Å². The molecule has 10 heteroatoms. The van der Waals surface area contributed by atoms with E-state index >= 15 is 0 Å². The molecule has 1 atom stereocenters. The first-order valence-corrected chi connectivity index (χ1v) is 13.8. The zero-order valence-electron chi connectivity index (χ0n) is 21.1. The highest BCUT2D eigenvalue weighted by Crippen LogP contribution is 2.42. The van der Waals surface area contributed by atoms with Gasteiger partial charge in [0.25, 0.3) is 0 Å². The molecule has 198 valence electrons. The third kappa shape index (κ3) is 5.96. The Morgan fingerprint density at radius 1 is 1.18 bits per heavy atom. The van der Waals surface area contributed by atoms with Crippen LogP contribution in [0.5, 0.6) is 5.75 Å². The number of esters is 1. The number of carbonyl (C=O) groups excluding carboxylic acids is 1. The summed E-state index contributed by atoms with van der Waals surface area (Å²) < 4.78 is 24.9. The number of pyridine rings is 2. The maximum absolute atomic E-state index is 13.8. The first-order chi connectivity index (χ1) is 19.0. The Morgan fingerprint density at radius 3 is 2.87 bits per heavy atom. The van der Waals surface area contributed by atoms with Crippen molar-refractivity contribution < 1.29 is 23.4 Å². The lowest BCUT2D eigenvalue weighted by molar-refractivity contribution is -0.139. The fourth-order valence-corrected chi connectivity index (χ4v) is 5.99. The quantitative estimate of drug-likeness (QED) is 0.110. The van der Waals surface area contributed by atoms with Gasteiger partial charge in [0, 0.05) is 17.3 Å². The van der Waals surface area contributed by atoms with Crippen LogP contribution in [-0.2, 0) is 29.0 Å². The number of halogens is 2. The molecule has 4 aromatic rings. The number of ether oxygens (including phenoxy) is 2. The Morgan fingerprint density at radius 2 is 2.05 bits per heavy atom. The number of carbonyl (C=O) groups is 1. The Hall–Kier alpha value is -3.78. The molecule has 7 nitrogen and oxygen atoms in total. The number of hydrogen-bond donors (Lipinski definition) is 0. The monoisotopic (exact) mass is 562 g/mol. The van der Waals surface area contributed by atoms with E-state index < -0.39 is 11.8 Å². The van der Waals surface area contributed by atoms with Gasteiger partial charge in [0.05, 0.1) is 28.1 Å². The normalized spacial score (nSPS) is 14.1. The van der Waals surface area contributed by atoms with E-state index in [1.807, 2.05) is 30.3 Å². The summed E-state index contributed by atoms with van der Waals surface area (Å²) >= 11 is 7.40. The van der Waals surface area contributed by atoms with E-state index in [-0.39, 0.29) is 35.0 Å². The van der Waals surface area contributed by atoms with E-state index in [0.29, 0.717) is 22.3 Å². The molecule has 2 aromatic heterocycles. The number of fused-ring (bicyclic) bond motifs is 3. The van der Waals surface area contributed by atoms with Crippen LogP contribution >= 0.6 is 23.4 Å². The van der Waals surface area contributed by atoms with E-state index in [1.54, 1.807) is 25.3 Å². The highest BCUT2D eigenvalue weighted by molar-refractivity contribution is 8.00. The number of aromatic nitrogens is 2. The standard InChI is InChI=1S/C29H24ClFN4O3S/c1-2-37-29(36)27(35-32)16-39-28-21-4-3-11-33-25(21)10-7-17-6-9-20(13-22(17)28)38-15-19-8-5-18-12-24(31)23(30)14-26(18)34-19/h3-6,8-9,11-14,28H,2,7,10,15-16H2,1H3/t28-/m0/s1. The van der Waals surface area contributed by atoms with E-state index in [9.17, 15) is 14.7 Å². The molecule has 1 aliphatic rings. The van der Waals surface area contributed by atoms with E-state index in [0.717, 1.165) is 35.2 Å². The molecule has 5 rings (SSSR count). The SMILES string of the molecule is CCOC(=O)C(CS[C@@H]1c2cc(OCc3ccc4cc(F)c(Cl)cc4n3)ccc2CCc2ncccc21)=[N+]=[N-]. The molecule has 0 saturated carbocycles. The number of benzene rings is 2. The predicted molar refractivity (Wildman–Crippen MR) is 149 cm³/mol. The van der Waals surface area contributed by atoms with Gasteiger partial charge < -0.3 is 15.0 Å². The minimum atomic E-state index is -0.642. The number of rotatable bonds is 8. The summed E-state index contributed by atoms with van der Waals surface area (Å²) in [7, 11) is 0. The Labute approximate surface area is 234 Å². The van der Waals surface area contributed by atoms with Crippen molar-refractivity contribution in [3.63, 3.8) is 0 Å². The summed E-state index contributed by atoms with van der Waals surface area (Å²) in [6.07, 6.45) is 3.37. The average molecular weight is 563 g/mol. The number of nitrogens with zero attached hydrogens (tertiary/aromatic N) is 4. The molecule has 0 spiro atoms. The molecular formula is C29H24ClFN4O3S. The molecule has 0 saturated heterocycles. The third-order valence-corrected chi connectivity index (χ3v) is 8.00. The van der Waals surface area contributed by atoms with Crippen LogP contribution in [0.15, 0.2) is 60.8 Å². The maximum atomic E-state index is 13.8. The third-order valence-electron chi connectivity index (χ3n) is 6.43. The van der Waals surface area contributed by atoms with Crippen molar-refractivity contribution in [3.8, 4) is 5.75 Å².